The number of hydrogen-bond acceptors (Lipinski definition) is 4. The van der Waals surface area contributed by atoms with Crippen molar-refractivity contribution >= 4 is 23.2 Å². The van der Waals surface area contributed by atoms with Crippen molar-refractivity contribution in [2.24, 2.45) is 0 Å². The van der Waals surface area contributed by atoms with Gasteiger partial charge in [-0.05, 0) is 36.1 Å². The summed E-state index contributed by atoms with van der Waals surface area (Å²) in [6.07, 6.45) is 3.61. The lowest BCUT2D eigenvalue weighted by atomic mass is 10.1. The lowest BCUT2D eigenvalue weighted by Crippen LogP contribution is -2.33. The van der Waals surface area contributed by atoms with E-state index in [1.807, 2.05) is 36.6 Å². The fourth-order valence-corrected chi connectivity index (χ4v) is 2.96. The molecular formula is C16H19N3O2S. The maximum Gasteiger partial charge on any atom is 0.222 e. The number of amides is 2. The van der Waals surface area contributed by atoms with Gasteiger partial charge in [0.1, 0.15) is 0 Å². The first kappa shape index (κ1) is 16.2. The highest BCUT2D eigenvalue weighted by Gasteiger charge is 2.19. The number of carbonyl (C=O) groups excluding carboxylic acids is 2. The Hall–Kier alpha value is -2.21. The lowest BCUT2D eigenvalue weighted by molar-refractivity contribution is -0.123. The molecule has 0 aliphatic heterocycles. The molecule has 0 aliphatic carbocycles. The molecule has 0 radical (unpaired) electrons. The summed E-state index contributed by atoms with van der Waals surface area (Å²) in [5.74, 6) is -0.246. The molecule has 0 fully saturated rings. The number of rotatable bonds is 6. The van der Waals surface area contributed by atoms with Crippen LogP contribution >= 0.6 is 11.3 Å². The van der Waals surface area contributed by atoms with E-state index < -0.39 is 0 Å². The van der Waals surface area contributed by atoms with Gasteiger partial charge in [0.15, 0.2) is 0 Å². The molecule has 2 atom stereocenters. The predicted molar refractivity (Wildman–Crippen MR) is 86.3 cm³/mol. The van der Waals surface area contributed by atoms with E-state index in [1.165, 1.54) is 18.3 Å². The van der Waals surface area contributed by atoms with E-state index in [4.69, 9.17) is 0 Å². The Labute approximate surface area is 133 Å². The van der Waals surface area contributed by atoms with Crippen molar-refractivity contribution in [1.82, 2.24) is 15.6 Å². The number of nitrogens with one attached hydrogen (secondary N) is 2. The second-order valence-electron chi connectivity index (χ2n) is 5.04. The van der Waals surface area contributed by atoms with Crippen LogP contribution in [0.15, 0.2) is 42.0 Å². The molecule has 0 bridgehead atoms. The number of nitrogens with zero attached hydrogens (tertiary/aromatic N) is 1. The maximum absolute atomic E-state index is 12.2. The molecule has 116 valence electrons. The minimum atomic E-state index is -0.290. The van der Waals surface area contributed by atoms with Crippen LogP contribution in [0, 0.1) is 0 Å². The van der Waals surface area contributed by atoms with Gasteiger partial charge in [0.05, 0.1) is 18.5 Å². The van der Waals surface area contributed by atoms with Crippen LogP contribution in [0.3, 0.4) is 0 Å². The normalized spacial score (nSPS) is 13.2. The maximum atomic E-state index is 12.2. The zero-order chi connectivity index (χ0) is 15.9. The summed E-state index contributed by atoms with van der Waals surface area (Å²) >= 11 is 1.53. The molecule has 0 aliphatic rings. The van der Waals surface area contributed by atoms with Gasteiger partial charge in [0, 0.05) is 24.2 Å². The number of aromatic nitrogens is 1. The minimum Gasteiger partial charge on any atom is -0.350 e. The topological polar surface area (TPSA) is 71.1 Å². The molecule has 2 rings (SSSR count). The van der Waals surface area contributed by atoms with Crippen molar-refractivity contribution in [1.29, 1.82) is 0 Å². The Morgan fingerprint density at radius 1 is 1.23 bits per heavy atom. The second-order valence-corrected chi connectivity index (χ2v) is 6.02. The molecule has 5 nitrogen and oxygen atoms in total. The van der Waals surface area contributed by atoms with Gasteiger partial charge in [-0.15, -0.1) is 11.3 Å². The Morgan fingerprint density at radius 2 is 1.95 bits per heavy atom. The van der Waals surface area contributed by atoms with Crippen molar-refractivity contribution < 1.29 is 9.59 Å². The molecule has 2 amide bonds. The third-order valence-electron chi connectivity index (χ3n) is 3.24. The van der Waals surface area contributed by atoms with Crippen LogP contribution in [0.1, 0.15) is 42.8 Å². The zero-order valence-corrected chi connectivity index (χ0v) is 13.4. The third kappa shape index (κ3) is 4.66. The van der Waals surface area contributed by atoms with E-state index in [0.29, 0.717) is 0 Å². The summed E-state index contributed by atoms with van der Waals surface area (Å²) in [7, 11) is 0. The smallest absolute Gasteiger partial charge is 0.222 e. The number of pyridine rings is 1. The molecular weight excluding hydrogens is 298 g/mol. The third-order valence-corrected chi connectivity index (χ3v) is 4.22. The lowest BCUT2D eigenvalue weighted by Gasteiger charge is -2.19. The van der Waals surface area contributed by atoms with E-state index in [-0.39, 0.29) is 30.3 Å². The van der Waals surface area contributed by atoms with Gasteiger partial charge in [-0.25, -0.2) is 0 Å². The van der Waals surface area contributed by atoms with Gasteiger partial charge < -0.3 is 10.6 Å². The molecule has 22 heavy (non-hydrogen) atoms. The average Bonchev–Trinajstić information content (AvgIpc) is 3.01. The Kier molecular flexibility index (Phi) is 5.66. The van der Waals surface area contributed by atoms with Gasteiger partial charge in [0.2, 0.25) is 11.8 Å². The highest BCUT2D eigenvalue weighted by atomic mass is 32.1. The van der Waals surface area contributed by atoms with Crippen molar-refractivity contribution in [2.75, 3.05) is 0 Å². The molecule has 2 unspecified atom stereocenters. The highest BCUT2D eigenvalue weighted by Crippen LogP contribution is 2.22. The van der Waals surface area contributed by atoms with E-state index in [0.717, 1.165) is 10.4 Å². The van der Waals surface area contributed by atoms with Gasteiger partial charge >= 0.3 is 0 Å². The van der Waals surface area contributed by atoms with Crippen LogP contribution < -0.4 is 10.6 Å². The van der Waals surface area contributed by atoms with Crippen molar-refractivity contribution in [3.63, 3.8) is 0 Å². The van der Waals surface area contributed by atoms with E-state index >= 15 is 0 Å². The first-order chi connectivity index (χ1) is 10.6. The molecule has 0 aromatic carbocycles. The quantitative estimate of drug-likeness (QED) is 0.860. The van der Waals surface area contributed by atoms with E-state index in [2.05, 4.69) is 15.6 Å². The minimum absolute atomic E-state index is 0.100. The van der Waals surface area contributed by atoms with Gasteiger partial charge in [-0.2, -0.15) is 0 Å². The van der Waals surface area contributed by atoms with Crippen LogP contribution in [0.4, 0.5) is 0 Å². The van der Waals surface area contributed by atoms with Gasteiger partial charge in [-0.3, -0.25) is 14.6 Å². The van der Waals surface area contributed by atoms with Crippen LogP contribution in [-0.2, 0) is 9.59 Å². The first-order valence-corrected chi connectivity index (χ1v) is 7.94. The molecule has 2 heterocycles. The SMILES string of the molecule is CC(=O)NC(CC(=O)NC(C)c1ccncc1)c1cccs1. The van der Waals surface area contributed by atoms with Crippen LogP contribution in [0.5, 0.6) is 0 Å². The van der Waals surface area contributed by atoms with E-state index in [1.54, 1.807) is 12.4 Å². The Morgan fingerprint density at radius 3 is 2.55 bits per heavy atom. The summed E-state index contributed by atoms with van der Waals surface area (Å²) in [4.78, 5) is 28.5. The number of hydrogen-bond donors (Lipinski definition) is 2. The summed E-state index contributed by atoms with van der Waals surface area (Å²) in [6.45, 7) is 3.38. The predicted octanol–water partition coefficient (Wildman–Crippen LogP) is 2.59. The largest absolute Gasteiger partial charge is 0.350 e. The molecule has 2 aromatic heterocycles. The second kappa shape index (κ2) is 7.70. The number of thiophene rings is 1. The number of carbonyl (C=O) groups is 2. The fraction of sp³-hybridized carbons (Fsp3) is 0.312. The fourth-order valence-electron chi connectivity index (χ4n) is 2.18. The molecule has 2 N–H and O–H groups in total. The average molecular weight is 317 g/mol. The summed E-state index contributed by atoms with van der Waals surface area (Å²) < 4.78 is 0. The molecule has 0 spiro atoms. The molecule has 0 saturated carbocycles. The summed E-state index contributed by atoms with van der Waals surface area (Å²) in [5, 5.41) is 7.71. The van der Waals surface area contributed by atoms with Gasteiger partial charge in [-0.1, -0.05) is 6.07 Å². The van der Waals surface area contributed by atoms with E-state index in [9.17, 15) is 9.59 Å². The Bertz CT molecular complexity index is 614. The summed E-state index contributed by atoms with van der Waals surface area (Å²) in [5.41, 5.74) is 0.996. The monoisotopic (exact) mass is 317 g/mol. The van der Waals surface area contributed by atoms with Crippen molar-refractivity contribution in [3.05, 3.63) is 52.5 Å². The first-order valence-electron chi connectivity index (χ1n) is 7.06. The zero-order valence-electron chi connectivity index (χ0n) is 12.6. The van der Waals surface area contributed by atoms with Gasteiger partial charge in [0.25, 0.3) is 0 Å². The highest BCUT2D eigenvalue weighted by molar-refractivity contribution is 7.10. The van der Waals surface area contributed by atoms with Crippen molar-refractivity contribution in [3.8, 4) is 0 Å². The van der Waals surface area contributed by atoms with Crippen LogP contribution in [0.2, 0.25) is 0 Å². The molecule has 2 aromatic rings. The standard InChI is InChI=1S/C16H19N3O2S/c1-11(13-5-7-17-8-6-13)18-16(21)10-14(19-12(2)20)15-4-3-9-22-15/h3-9,11,14H,10H2,1-2H3,(H,18,21)(H,19,20). The Balaban J connectivity index is 1.98. The molecule has 6 heteroatoms. The van der Waals surface area contributed by atoms with Crippen molar-refractivity contribution in [2.45, 2.75) is 32.4 Å². The molecule has 0 saturated heterocycles. The van der Waals surface area contributed by atoms with Crippen LogP contribution in [-0.4, -0.2) is 16.8 Å². The van der Waals surface area contributed by atoms with Crippen LogP contribution in [0.25, 0.3) is 0 Å². The summed E-state index contributed by atoms with van der Waals surface area (Å²) in [6, 6.07) is 7.18.